The molecule has 1 saturated carbocycles. The van der Waals surface area contributed by atoms with Crippen LogP contribution in [0.3, 0.4) is 0 Å². The Morgan fingerprint density at radius 2 is 2.05 bits per heavy atom. The average molecular weight is 261 g/mol. The summed E-state index contributed by atoms with van der Waals surface area (Å²) in [5, 5.41) is 9.27. The zero-order chi connectivity index (χ0) is 14.0. The number of hydrogen-bond acceptors (Lipinski definition) is 2. The highest BCUT2D eigenvalue weighted by Gasteiger charge is 2.29. The van der Waals surface area contributed by atoms with E-state index in [-0.39, 0.29) is 12.0 Å². The Bertz CT molecular complexity index is 464. The van der Waals surface area contributed by atoms with Gasteiger partial charge in [-0.25, -0.2) is 0 Å². The van der Waals surface area contributed by atoms with E-state index in [2.05, 4.69) is 18.2 Å². The molecule has 0 radical (unpaired) electrons. The SMILES string of the molecule is Cc1ccc(C)c(CC(=O)N(C)CC2CC(O)C2)c1. The zero-order valence-electron chi connectivity index (χ0n) is 12.0. The number of benzene rings is 1. The summed E-state index contributed by atoms with van der Waals surface area (Å²) in [6.07, 6.45) is 1.99. The second kappa shape index (κ2) is 5.74. The molecule has 2 rings (SSSR count). The number of nitrogens with zero attached hydrogens (tertiary/aromatic N) is 1. The first-order valence-electron chi connectivity index (χ1n) is 6.94. The van der Waals surface area contributed by atoms with Crippen LogP contribution < -0.4 is 0 Å². The van der Waals surface area contributed by atoms with Gasteiger partial charge in [-0.05, 0) is 43.7 Å². The van der Waals surface area contributed by atoms with E-state index < -0.39 is 0 Å². The highest BCUT2D eigenvalue weighted by molar-refractivity contribution is 5.79. The van der Waals surface area contributed by atoms with E-state index >= 15 is 0 Å². The minimum absolute atomic E-state index is 0.146. The average Bonchev–Trinajstić information content (AvgIpc) is 2.31. The number of hydrogen-bond donors (Lipinski definition) is 1. The Labute approximate surface area is 115 Å². The van der Waals surface area contributed by atoms with Gasteiger partial charge in [0.25, 0.3) is 0 Å². The second-order valence-electron chi connectivity index (χ2n) is 5.87. The Hall–Kier alpha value is -1.35. The number of carbonyl (C=O) groups is 1. The lowest BCUT2D eigenvalue weighted by Gasteiger charge is -2.34. The molecule has 1 fully saturated rings. The maximum absolute atomic E-state index is 12.2. The van der Waals surface area contributed by atoms with Crippen molar-refractivity contribution < 1.29 is 9.90 Å². The number of likely N-dealkylation sites (N-methyl/N-ethyl adjacent to an activating group) is 1. The summed E-state index contributed by atoms with van der Waals surface area (Å²) >= 11 is 0. The van der Waals surface area contributed by atoms with Crippen LogP contribution in [0.1, 0.15) is 29.5 Å². The highest BCUT2D eigenvalue weighted by Crippen LogP contribution is 2.27. The van der Waals surface area contributed by atoms with Crippen LogP contribution in [0.4, 0.5) is 0 Å². The van der Waals surface area contributed by atoms with Gasteiger partial charge in [-0.1, -0.05) is 23.8 Å². The van der Waals surface area contributed by atoms with Crippen molar-refractivity contribution >= 4 is 5.91 Å². The van der Waals surface area contributed by atoms with E-state index in [0.29, 0.717) is 12.3 Å². The molecule has 1 aliphatic carbocycles. The first-order valence-corrected chi connectivity index (χ1v) is 6.94. The summed E-state index contributed by atoms with van der Waals surface area (Å²) in [7, 11) is 1.86. The molecule has 3 nitrogen and oxygen atoms in total. The van der Waals surface area contributed by atoms with Crippen LogP contribution in [0.2, 0.25) is 0 Å². The van der Waals surface area contributed by atoms with E-state index in [4.69, 9.17) is 0 Å². The quantitative estimate of drug-likeness (QED) is 0.901. The highest BCUT2D eigenvalue weighted by atomic mass is 16.3. The third kappa shape index (κ3) is 3.57. The van der Waals surface area contributed by atoms with E-state index in [0.717, 1.165) is 24.9 Å². The minimum Gasteiger partial charge on any atom is -0.393 e. The second-order valence-corrected chi connectivity index (χ2v) is 5.87. The van der Waals surface area contributed by atoms with Gasteiger partial charge in [0.2, 0.25) is 5.91 Å². The maximum Gasteiger partial charge on any atom is 0.226 e. The number of aliphatic hydroxyl groups excluding tert-OH is 1. The molecule has 1 aliphatic rings. The molecule has 3 heteroatoms. The molecule has 1 aromatic rings. The van der Waals surface area contributed by atoms with E-state index in [1.807, 2.05) is 20.9 Å². The van der Waals surface area contributed by atoms with Gasteiger partial charge in [-0.2, -0.15) is 0 Å². The Morgan fingerprint density at radius 3 is 2.68 bits per heavy atom. The molecular formula is C16H23NO2. The van der Waals surface area contributed by atoms with Gasteiger partial charge in [-0.3, -0.25) is 4.79 Å². The van der Waals surface area contributed by atoms with E-state index in [1.165, 1.54) is 11.1 Å². The van der Waals surface area contributed by atoms with Crippen molar-refractivity contribution in [2.24, 2.45) is 5.92 Å². The molecule has 104 valence electrons. The standard InChI is InChI=1S/C16H23NO2/c1-11-4-5-12(2)14(6-11)9-16(19)17(3)10-13-7-15(18)8-13/h4-6,13,15,18H,7-10H2,1-3H3. The van der Waals surface area contributed by atoms with Crippen molar-refractivity contribution in [3.05, 3.63) is 34.9 Å². The Balaban J connectivity index is 1.91. The molecule has 1 N–H and O–H groups in total. The van der Waals surface area contributed by atoms with Gasteiger partial charge >= 0.3 is 0 Å². The smallest absolute Gasteiger partial charge is 0.226 e. The molecule has 0 saturated heterocycles. The summed E-state index contributed by atoms with van der Waals surface area (Å²) < 4.78 is 0. The fourth-order valence-corrected chi connectivity index (χ4v) is 2.63. The van der Waals surface area contributed by atoms with Crippen molar-refractivity contribution in [1.29, 1.82) is 0 Å². The largest absolute Gasteiger partial charge is 0.393 e. The molecule has 0 aliphatic heterocycles. The fraction of sp³-hybridized carbons (Fsp3) is 0.562. The summed E-state index contributed by atoms with van der Waals surface area (Å²) in [6.45, 7) is 4.86. The first kappa shape index (κ1) is 14.1. The zero-order valence-corrected chi connectivity index (χ0v) is 12.0. The van der Waals surface area contributed by atoms with Gasteiger partial charge in [0.05, 0.1) is 12.5 Å². The fourth-order valence-electron chi connectivity index (χ4n) is 2.63. The van der Waals surface area contributed by atoms with E-state index in [1.54, 1.807) is 4.90 Å². The van der Waals surface area contributed by atoms with Crippen molar-refractivity contribution in [3.8, 4) is 0 Å². The van der Waals surface area contributed by atoms with Crippen molar-refractivity contribution in [1.82, 2.24) is 4.90 Å². The van der Waals surface area contributed by atoms with Crippen molar-refractivity contribution in [2.75, 3.05) is 13.6 Å². The van der Waals surface area contributed by atoms with Crippen LogP contribution in [0, 0.1) is 19.8 Å². The number of amides is 1. The summed E-state index contributed by atoms with van der Waals surface area (Å²) in [6, 6.07) is 6.23. The third-order valence-corrected chi connectivity index (χ3v) is 4.01. The minimum atomic E-state index is -0.146. The Morgan fingerprint density at radius 1 is 1.37 bits per heavy atom. The molecule has 19 heavy (non-hydrogen) atoms. The molecule has 1 aromatic carbocycles. The van der Waals surface area contributed by atoms with Crippen LogP contribution in [-0.4, -0.2) is 35.6 Å². The van der Waals surface area contributed by atoms with Gasteiger partial charge < -0.3 is 10.0 Å². The summed E-state index contributed by atoms with van der Waals surface area (Å²) in [5.74, 6) is 0.637. The molecule has 0 heterocycles. The lowest BCUT2D eigenvalue weighted by Crippen LogP contribution is -2.40. The number of aryl methyl sites for hydroxylation is 2. The maximum atomic E-state index is 12.2. The molecular weight excluding hydrogens is 238 g/mol. The normalized spacial score (nSPS) is 21.9. The number of rotatable bonds is 4. The van der Waals surface area contributed by atoms with Crippen LogP contribution >= 0.6 is 0 Å². The predicted octanol–water partition coefficient (Wildman–Crippen LogP) is 2.08. The molecule has 0 unspecified atom stereocenters. The Kier molecular flexibility index (Phi) is 4.25. The van der Waals surface area contributed by atoms with Crippen LogP contribution in [-0.2, 0) is 11.2 Å². The predicted molar refractivity (Wildman–Crippen MR) is 76.0 cm³/mol. The van der Waals surface area contributed by atoms with Gasteiger partial charge in [0.15, 0.2) is 0 Å². The molecule has 0 aromatic heterocycles. The van der Waals surface area contributed by atoms with Crippen molar-refractivity contribution in [2.45, 2.75) is 39.2 Å². The molecule has 0 spiro atoms. The van der Waals surface area contributed by atoms with Gasteiger partial charge in [0, 0.05) is 13.6 Å². The van der Waals surface area contributed by atoms with E-state index in [9.17, 15) is 9.90 Å². The monoisotopic (exact) mass is 261 g/mol. The third-order valence-electron chi connectivity index (χ3n) is 4.01. The lowest BCUT2D eigenvalue weighted by molar-refractivity contribution is -0.130. The van der Waals surface area contributed by atoms with Crippen molar-refractivity contribution in [3.63, 3.8) is 0 Å². The van der Waals surface area contributed by atoms with Crippen LogP contribution in [0.5, 0.6) is 0 Å². The summed E-state index contributed by atoms with van der Waals surface area (Å²) in [5.41, 5.74) is 3.48. The van der Waals surface area contributed by atoms with Gasteiger partial charge in [-0.15, -0.1) is 0 Å². The van der Waals surface area contributed by atoms with Gasteiger partial charge in [0.1, 0.15) is 0 Å². The van der Waals surface area contributed by atoms with Crippen LogP contribution in [0.15, 0.2) is 18.2 Å². The molecule has 0 bridgehead atoms. The van der Waals surface area contributed by atoms with Crippen LogP contribution in [0.25, 0.3) is 0 Å². The lowest BCUT2D eigenvalue weighted by atomic mass is 9.82. The first-order chi connectivity index (χ1) is 8.95. The molecule has 1 amide bonds. The molecule has 0 atom stereocenters. The summed E-state index contributed by atoms with van der Waals surface area (Å²) in [4.78, 5) is 14.0. The topological polar surface area (TPSA) is 40.5 Å². The number of carbonyl (C=O) groups excluding carboxylic acids is 1. The number of aliphatic hydroxyl groups is 1.